The zero-order valence-electron chi connectivity index (χ0n) is 6.25. The summed E-state index contributed by atoms with van der Waals surface area (Å²) in [5, 5.41) is 26.5. The largest absolute Gasteiger partial charge is 0.383 e. The van der Waals surface area contributed by atoms with Crippen LogP contribution in [0.1, 0.15) is 11.8 Å². The average molecular weight is 164 g/mol. The summed E-state index contributed by atoms with van der Waals surface area (Å²) >= 11 is 0. The highest BCUT2D eigenvalue weighted by Gasteiger charge is 2.17. The molecule has 2 N–H and O–H groups in total. The molecule has 12 heavy (non-hydrogen) atoms. The Balaban J connectivity index is 2.80. The number of aliphatic hydroxyl groups excluding tert-OH is 2. The summed E-state index contributed by atoms with van der Waals surface area (Å²) in [5.74, 6) is 0. The fourth-order valence-electron chi connectivity index (χ4n) is 0.783. The molecule has 0 aliphatic carbocycles. The Morgan fingerprint density at radius 2 is 2.17 bits per heavy atom. The third-order valence-electron chi connectivity index (χ3n) is 1.42. The Hall–Kier alpha value is -1.44. The molecule has 0 saturated heterocycles. The van der Waals surface area contributed by atoms with Gasteiger partial charge >= 0.3 is 0 Å². The molecule has 0 aliphatic rings. The van der Waals surface area contributed by atoms with Crippen molar-refractivity contribution >= 4 is 0 Å². The molecule has 1 aromatic rings. The van der Waals surface area contributed by atoms with Crippen LogP contribution in [0.4, 0.5) is 0 Å². The zero-order valence-corrected chi connectivity index (χ0v) is 6.25. The molecular weight excluding hydrogens is 156 g/mol. The molecular formula is C8H8N2O2. The topological polar surface area (TPSA) is 77.1 Å². The summed E-state index contributed by atoms with van der Waals surface area (Å²) in [6.07, 6.45) is -1.15. The van der Waals surface area contributed by atoms with Crippen molar-refractivity contribution < 1.29 is 10.2 Å². The third kappa shape index (κ3) is 1.78. The van der Waals surface area contributed by atoms with Gasteiger partial charge < -0.3 is 10.2 Å². The third-order valence-corrected chi connectivity index (χ3v) is 1.42. The normalized spacial score (nSPS) is 14.8. The molecule has 0 bridgehead atoms. The van der Waals surface area contributed by atoms with Gasteiger partial charge in [0, 0.05) is 6.20 Å². The van der Waals surface area contributed by atoms with Gasteiger partial charge in [-0.05, 0) is 12.1 Å². The van der Waals surface area contributed by atoms with Gasteiger partial charge in [0.15, 0.2) is 6.10 Å². The molecule has 0 spiro atoms. The van der Waals surface area contributed by atoms with Crippen LogP contribution in [0.5, 0.6) is 0 Å². The van der Waals surface area contributed by atoms with Crippen molar-refractivity contribution in [3.05, 3.63) is 30.1 Å². The van der Waals surface area contributed by atoms with Crippen molar-refractivity contribution in [1.82, 2.24) is 4.98 Å². The molecule has 2 atom stereocenters. The molecule has 0 aliphatic heterocycles. The first-order chi connectivity index (χ1) is 5.75. The van der Waals surface area contributed by atoms with E-state index >= 15 is 0 Å². The standard InChI is InChI=1S/C8H8N2O2/c9-5-7(11)8(12)6-3-1-2-4-10-6/h1-4,7-8,11-12H. The maximum Gasteiger partial charge on any atom is 0.171 e. The highest BCUT2D eigenvalue weighted by molar-refractivity contribution is 5.10. The number of aliphatic hydroxyl groups is 2. The summed E-state index contributed by atoms with van der Waals surface area (Å²) in [7, 11) is 0. The van der Waals surface area contributed by atoms with E-state index in [1.165, 1.54) is 12.3 Å². The lowest BCUT2D eigenvalue weighted by Crippen LogP contribution is -2.16. The molecule has 4 nitrogen and oxygen atoms in total. The summed E-state index contributed by atoms with van der Waals surface area (Å²) < 4.78 is 0. The molecule has 1 heterocycles. The summed E-state index contributed by atoms with van der Waals surface area (Å²) in [6, 6.07) is 6.44. The van der Waals surface area contributed by atoms with E-state index in [-0.39, 0.29) is 0 Å². The second-order valence-corrected chi connectivity index (χ2v) is 2.27. The van der Waals surface area contributed by atoms with E-state index in [0.29, 0.717) is 5.69 Å². The first-order valence-electron chi connectivity index (χ1n) is 3.42. The fourth-order valence-corrected chi connectivity index (χ4v) is 0.783. The minimum absolute atomic E-state index is 0.298. The van der Waals surface area contributed by atoms with E-state index in [9.17, 15) is 5.11 Å². The predicted molar refractivity (Wildman–Crippen MR) is 40.8 cm³/mol. The van der Waals surface area contributed by atoms with E-state index in [1.54, 1.807) is 18.2 Å². The second-order valence-electron chi connectivity index (χ2n) is 2.27. The minimum atomic E-state index is -1.42. The number of rotatable bonds is 2. The SMILES string of the molecule is N#CC(O)C(O)c1ccccn1. The van der Waals surface area contributed by atoms with Crippen LogP contribution in [-0.2, 0) is 0 Å². The van der Waals surface area contributed by atoms with E-state index in [4.69, 9.17) is 10.4 Å². The molecule has 4 heteroatoms. The summed E-state index contributed by atoms with van der Waals surface area (Å²) in [5.41, 5.74) is 0.298. The Morgan fingerprint density at radius 3 is 2.67 bits per heavy atom. The van der Waals surface area contributed by atoms with Gasteiger partial charge in [-0.25, -0.2) is 0 Å². The van der Waals surface area contributed by atoms with E-state index in [2.05, 4.69) is 4.98 Å². The Labute approximate surface area is 69.7 Å². The van der Waals surface area contributed by atoms with Crippen LogP contribution < -0.4 is 0 Å². The Morgan fingerprint density at radius 1 is 1.42 bits per heavy atom. The monoisotopic (exact) mass is 164 g/mol. The number of pyridine rings is 1. The van der Waals surface area contributed by atoms with Crippen molar-refractivity contribution in [3.63, 3.8) is 0 Å². The van der Waals surface area contributed by atoms with E-state index in [0.717, 1.165) is 0 Å². The molecule has 1 rings (SSSR count). The quantitative estimate of drug-likeness (QED) is 0.603. The maximum atomic E-state index is 9.25. The molecule has 0 fully saturated rings. The highest BCUT2D eigenvalue weighted by Crippen LogP contribution is 2.12. The Kier molecular flexibility index (Phi) is 2.75. The van der Waals surface area contributed by atoms with Gasteiger partial charge in [0.25, 0.3) is 0 Å². The predicted octanol–water partition coefficient (Wildman–Crippen LogP) is -0.000520. The second kappa shape index (κ2) is 3.81. The van der Waals surface area contributed by atoms with Crippen LogP contribution in [-0.4, -0.2) is 21.3 Å². The lowest BCUT2D eigenvalue weighted by molar-refractivity contribution is 0.0499. The van der Waals surface area contributed by atoms with Crippen molar-refractivity contribution in [1.29, 1.82) is 5.26 Å². The molecule has 0 radical (unpaired) electrons. The van der Waals surface area contributed by atoms with Crippen LogP contribution in [0.2, 0.25) is 0 Å². The van der Waals surface area contributed by atoms with Crippen molar-refractivity contribution in [2.45, 2.75) is 12.2 Å². The van der Waals surface area contributed by atoms with Crippen LogP contribution in [0.3, 0.4) is 0 Å². The lowest BCUT2D eigenvalue weighted by Gasteiger charge is -2.09. The Bertz CT molecular complexity index is 281. The minimum Gasteiger partial charge on any atom is -0.383 e. The van der Waals surface area contributed by atoms with Crippen LogP contribution in [0.25, 0.3) is 0 Å². The van der Waals surface area contributed by atoms with Crippen LogP contribution in [0, 0.1) is 11.3 Å². The average Bonchev–Trinajstić information content (AvgIpc) is 2.17. The molecule has 1 aromatic heterocycles. The van der Waals surface area contributed by atoms with E-state index in [1.807, 2.05) is 0 Å². The molecule has 62 valence electrons. The molecule has 0 aromatic carbocycles. The lowest BCUT2D eigenvalue weighted by atomic mass is 10.1. The van der Waals surface area contributed by atoms with Crippen molar-refractivity contribution in [2.24, 2.45) is 0 Å². The molecule has 2 unspecified atom stereocenters. The fraction of sp³-hybridized carbons (Fsp3) is 0.250. The first-order valence-corrected chi connectivity index (χ1v) is 3.42. The van der Waals surface area contributed by atoms with Gasteiger partial charge in [0.2, 0.25) is 0 Å². The molecule has 0 saturated carbocycles. The number of aromatic nitrogens is 1. The van der Waals surface area contributed by atoms with Gasteiger partial charge in [0.05, 0.1) is 11.8 Å². The van der Waals surface area contributed by atoms with Crippen LogP contribution >= 0.6 is 0 Å². The van der Waals surface area contributed by atoms with Gasteiger partial charge in [-0.1, -0.05) is 6.07 Å². The van der Waals surface area contributed by atoms with Crippen LogP contribution in [0.15, 0.2) is 24.4 Å². The summed E-state index contributed by atoms with van der Waals surface area (Å²) in [4.78, 5) is 3.79. The number of hydrogen-bond acceptors (Lipinski definition) is 4. The van der Waals surface area contributed by atoms with E-state index < -0.39 is 12.2 Å². The number of hydrogen-bond donors (Lipinski definition) is 2. The zero-order chi connectivity index (χ0) is 8.97. The maximum absolute atomic E-state index is 9.25. The van der Waals surface area contributed by atoms with Crippen molar-refractivity contribution in [3.8, 4) is 6.07 Å². The van der Waals surface area contributed by atoms with Gasteiger partial charge in [-0.3, -0.25) is 4.98 Å². The summed E-state index contributed by atoms with van der Waals surface area (Å²) in [6.45, 7) is 0. The highest BCUT2D eigenvalue weighted by atomic mass is 16.3. The van der Waals surface area contributed by atoms with Gasteiger partial charge in [0.1, 0.15) is 6.10 Å². The van der Waals surface area contributed by atoms with Gasteiger partial charge in [-0.2, -0.15) is 5.26 Å². The number of nitrogens with zero attached hydrogens (tertiary/aromatic N) is 2. The van der Waals surface area contributed by atoms with Crippen molar-refractivity contribution in [2.75, 3.05) is 0 Å². The smallest absolute Gasteiger partial charge is 0.171 e. The first kappa shape index (κ1) is 8.65. The molecule has 0 amide bonds. The van der Waals surface area contributed by atoms with Gasteiger partial charge in [-0.15, -0.1) is 0 Å². The number of nitriles is 1.